The molecule has 0 unspecified atom stereocenters. The molecule has 1 N–H and O–H groups in total. The van der Waals surface area contributed by atoms with Crippen LogP contribution >= 0.6 is 11.6 Å². The van der Waals surface area contributed by atoms with Crippen LogP contribution < -0.4 is 0 Å². The van der Waals surface area contributed by atoms with Crippen LogP contribution in [0.25, 0.3) is 12.2 Å². The largest absolute Gasteiger partial charge is 0.295 e. The lowest BCUT2D eigenvalue weighted by Gasteiger charge is -2.03. The topological polar surface area (TPSA) is 54.4 Å². The molecule has 0 bridgehead atoms. The summed E-state index contributed by atoms with van der Waals surface area (Å²) < 4.78 is 31.9. The molecule has 2 rings (SSSR count). The molecule has 0 amide bonds. The molecule has 3 nitrogen and oxygen atoms in total. The molecule has 104 valence electrons. The highest BCUT2D eigenvalue weighted by Gasteiger charge is 2.14. The first-order valence-corrected chi connectivity index (χ1v) is 7.70. The van der Waals surface area contributed by atoms with Crippen LogP contribution in [-0.4, -0.2) is 13.0 Å². The maximum atomic E-state index is 11.3. The first-order valence-electron chi connectivity index (χ1n) is 5.88. The maximum absolute atomic E-state index is 11.3. The van der Waals surface area contributed by atoms with Crippen molar-refractivity contribution in [1.29, 1.82) is 0 Å². The van der Waals surface area contributed by atoms with Crippen LogP contribution in [0.15, 0.2) is 47.4 Å². The summed E-state index contributed by atoms with van der Waals surface area (Å²) in [6, 6.07) is 12.1. The van der Waals surface area contributed by atoms with Gasteiger partial charge < -0.3 is 0 Å². The molecule has 0 aromatic heterocycles. The van der Waals surface area contributed by atoms with E-state index in [2.05, 4.69) is 0 Å². The molecule has 2 aromatic rings. The Morgan fingerprint density at radius 2 is 1.70 bits per heavy atom. The minimum atomic E-state index is -4.30. The quantitative estimate of drug-likeness (QED) is 0.687. The monoisotopic (exact) mass is 308 g/mol. The van der Waals surface area contributed by atoms with E-state index >= 15 is 0 Å². The fraction of sp³-hybridized carbons (Fsp3) is 0.0667. The first-order chi connectivity index (χ1) is 9.36. The lowest BCUT2D eigenvalue weighted by atomic mass is 10.1. The second-order valence-electron chi connectivity index (χ2n) is 4.40. The fourth-order valence-corrected chi connectivity index (χ4v) is 2.68. The molecule has 0 aliphatic heterocycles. The van der Waals surface area contributed by atoms with Gasteiger partial charge in [0.05, 0.1) is 0 Å². The zero-order valence-corrected chi connectivity index (χ0v) is 12.3. The Bertz CT molecular complexity index is 747. The summed E-state index contributed by atoms with van der Waals surface area (Å²) in [5.41, 5.74) is 2.47. The molecule has 0 spiro atoms. The van der Waals surface area contributed by atoms with Crippen molar-refractivity contribution in [2.75, 3.05) is 0 Å². The predicted octanol–water partition coefficient (Wildman–Crippen LogP) is 4.07. The smallest absolute Gasteiger partial charge is 0.282 e. The molecule has 2 aromatic carbocycles. The zero-order valence-electron chi connectivity index (χ0n) is 10.7. The highest BCUT2D eigenvalue weighted by Crippen LogP contribution is 2.22. The molecule has 0 aliphatic rings. The van der Waals surface area contributed by atoms with E-state index in [9.17, 15) is 13.0 Å². The summed E-state index contributed by atoms with van der Waals surface area (Å²) in [5, 5.41) is 0.255. The fourth-order valence-electron chi connectivity index (χ4n) is 1.73. The van der Waals surface area contributed by atoms with Gasteiger partial charge >= 0.3 is 0 Å². The molecule has 0 saturated carbocycles. The number of benzene rings is 2. The Labute approximate surface area is 123 Å². The summed E-state index contributed by atoms with van der Waals surface area (Å²) in [6.07, 6.45) is 3.40. The molecule has 0 aliphatic carbocycles. The van der Waals surface area contributed by atoms with Crippen molar-refractivity contribution in [3.05, 3.63) is 64.2 Å². The van der Waals surface area contributed by atoms with Crippen molar-refractivity contribution in [1.82, 2.24) is 0 Å². The molecular formula is C15H13ClO3S. The Balaban J connectivity index is 2.41. The summed E-state index contributed by atoms with van der Waals surface area (Å²) in [7, 11) is -4.30. The number of hydrogen-bond donors (Lipinski definition) is 1. The molecule has 0 saturated heterocycles. The van der Waals surface area contributed by atoms with E-state index in [1.165, 1.54) is 6.07 Å². The van der Waals surface area contributed by atoms with Crippen molar-refractivity contribution in [2.45, 2.75) is 11.8 Å². The van der Waals surface area contributed by atoms with Gasteiger partial charge in [-0.3, -0.25) is 4.55 Å². The van der Waals surface area contributed by atoms with E-state index in [0.717, 1.165) is 11.1 Å². The minimum Gasteiger partial charge on any atom is -0.282 e. The van der Waals surface area contributed by atoms with Crippen LogP contribution in [0.3, 0.4) is 0 Å². The number of hydrogen-bond acceptors (Lipinski definition) is 2. The number of rotatable bonds is 3. The van der Waals surface area contributed by atoms with Crippen LogP contribution in [-0.2, 0) is 10.1 Å². The average molecular weight is 309 g/mol. The van der Waals surface area contributed by atoms with E-state index in [4.69, 9.17) is 11.6 Å². The van der Waals surface area contributed by atoms with Gasteiger partial charge in [0, 0.05) is 5.02 Å². The lowest BCUT2D eigenvalue weighted by molar-refractivity contribution is 0.483. The summed E-state index contributed by atoms with van der Waals surface area (Å²) >= 11 is 5.76. The molecule has 20 heavy (non-hydrogen) atoms. The maximum Gasteiger partial charge on any atom is 0.295 e. The predicted molar refractivity (Wildman–Crippen MR) is 81.4 cm³/mol. The van der Waals surface area contributed by atoms with Gasteiger partial charge in [-0.25, -0.2) is 0 Å². The van der Waals surface area contributed by atoms with Gasteiger partial charge in [-0.15, -0.1) is 0 Å². The van der Waals surface area contributed by atoms with E-state index in [-0.39, 0.29) is 9.92 Å². The number of aryl methyl sites for hydroxylation is 1. The highest BCUT2D eigenvalue weighted by atomic mass is 35.5. The van der Waals surface area contributed by atoms with Crippen molar-refractivity contribution >= 4 is 33.9 Å². The molecule has 0 fully saturated rings. The van der Waals surface area contributed by atoms with Gasteiger partial charge in [-0.2, -0.15) is 8.42 Å². The van der Waals surface area contributed by atoms with Gasteiger partial charge in [-0.05, 0) is 30.2 Å². The molecule has 0 radical (unpaired) electrons. The Hall–Kier alpha value is -1.62. The van der Waals surface area contributed by atoms with Crippen LogP contribution in [0.1, 0.15) is 16.7 Å². The second kappa shape index (κ2) is 5.79. The van der Waals surface area contributed by atoms with E-state index in [1.807, 2.05) is 31.2 Å². The third kappa shape index (κ3) is 3.70. The van der Waals surface area contributed by atoms with Crippen molar-refractivity contribution in [3.63, 3.8) is 0 Å². The summed E-state index contributed by atoms with van der Waals surface area (Å²) in [4.78, 5) is -0.201. The van der Waals surface area contributed by atoms with Gasteiger partial charge in [0.15, 0.2) is 0 Å². The van der Waals surface area contributed by atoms with Gasteiger partial charge in [0.25, 0.3) is 10.1 Å². The summed E-state index contributed by atoms with van der Waals surface area (Å²) in [6.45, 7) is 1.99. The van der Waals surface area contributed by atoms with Crippen LogP contribution in [0.2, 0.25) is 5.02 Å². The van der Waals surface area contributed by atoms with Crippen LogP contribution in [0, 0.1) is 6.92 Å². The normalized spacial score (nSPS) is 11.9. The Morgan fingerprint density at radius 1 is 1.05 bits per heavy atom. The number of halogens is 1. The standard InChI is InChI=1S/C15H13ClO3S/c1-11-2-4-12(5-3-11)6-7-13-8-9-14(16)10-15(13)20(17,18)19/h2-10H,1H3,(H,17,18,19)/b7-6+. The van der Waals surface area contributed by atoms with Crippen molar-refractivity contribution in [3.8, 4) is 0 Å². The third-order valence-corrected chi connectivity index (χ3v) is 3.93. The zero-order chi connectivity index (χ0) is 14.8. The van der Waals surface area contributed by atoms with E-state index in [0.29, 0.717) is 5.56 Å². The van der Waals surface area contributed by atoms with Crippen LogP contribution in [0.5, 0.6) is 0 Å². The third-order valence-electron chi connectivity index (χ3n) is 2.79. The minimum absolute atomic E-state index is 0.201. The molecular weight excluding hydrogens is 296 g/mol. The van der Waals surface area contributed by atoms with Gasteiger partial charge in [-0.1, -0.05) is 59.6 Å². The first kappa shape index (κ1) is 14.8. The van der Waals surface area contributed by atoms with Crippen molar-refractivity contribution in [2.24, 2.45) is 0 Å². The van der Waals surface area contributed by atoms with Gasteiger partial charge in [0.1, 0.15) is 4.90 Å². The molecule has 0 heterocycles. The van der Waals surface area contributed by atoms with Crippen molar-refractivity contribution < 1.29 is 13.0 Å². The summed E-state index contributed by atoms with van der Waals surface area (Å²) in [5.74, 6) is 0. The Morgan fingerprint density at radius 3 is 2.30 bits per heavy atom. The van der Waals surface area contributed by atoms with Crippen LogP contribution in [0.4, 0.5) is 0 Å². The van der Waals surface area contributed by atoms with E-state index < -0.39 is 10.1 Å². The molecule has 0 atom stereocenters. The van der Waals surface area contributed by atoms with Gasteiger partial charge in [0.2, 0.25) is 0 Å². The van der Waals surface area contributed by atoms with E-state index in [1.54, 1.807) is 24.3 Å². The highest BCUT2D eigenvalue weighted by molar-refractivity contribution is 7.86. The molecule has 5 heteroatoms. The SMILES string of the molecule is Cc1ccc(/C=C/c2ccc(Cl)cc2S(=O)(=O)O)cc1. The Kier molecular flexibility index (Phi) is 4.28. The second-order valence-corrected chi connectivity index (χ2v) is 6.23. The average Bonchev–Trinajstić information content (AvgIpc) is 2.38. The lowest BCUT2D eigenvalue weighted by Crippen LogP contribution is -2.00.